The summed E-state index contributed by atoms with van der Waals surface area (Å²) in [6.45, 7) is 4.59. The van der Waals surface area contributed by atoms with Crippen LogP contribution in [0.25, 0.3) is 11.1 Å². The van der Waals surface area contributed by atoms with Crippen LogP contribution in [0.5, 0.6) is 0 Å². The number of carbonyl (C=O) groups is 3. The molecular weight excluding hydrogens is 432 g/mol. The molecule has 0 unspecified atom stereocenters. The molecule has 2 aromatic carbocycles. The number of fused-ring (bicyclic) bond motifs is 3. The highest BCUT2D eigenvalue weighted by Crippen LogP contribution is 2.44. The van der Waals surface area contributed by atoms with Gasteiger partial charge < -0.3 is 20.1 Å². The number of carboxylic acids is 1. The number of hydrogen-bond donors (Lipinski definition) is 2. The van der Waals surface area contributed by atoms with E-state index in [4.69, 9.17) is 4.74 Å². The van der Waals surface area contributed by atoms with Crippen molar-refractivity contribution < 1.29 is 24.2 Å². The van der Waals surface area contributed by atoms with E-state index in [2.05, 4.69) is 29.6 Å². The van der Waals surface area contributed by atoms with Gasteiger partial charge in [-0.3, -0.25) is 9.59 Å². The lowest BCUT2D eigenvalue weighted by atomic mass is 9.98. The van der Waals surface area contributed by atoms with Crippen LogP contribution in [0.1, 0.15) is 50.2 Å². The Kier molecular flexibility index (Phi) is 7.20. The predicted octanol–water partition coefficient (Wildman–Crippen LogP) is 4.26. The molecule has 2 aromatic rings. The Morgan fingerprint density at radius 3 is 2.24 bits per heavy atom. The molecule has 0 spiro atoms. The fourth-order valence-corrected chi connectivity index (χ4v) is 5.14. The molecule has 0 radical (unpaired) electrons. The van der Waals surface area contributed by atoms with Crippen LogP contribution < -0.4 is 5.32 Å². The first-order valence-corrected chi connectivity index (χ1v) is 12.0. The quantitative estimate of drug-likeness (QED) is 0.609. The van der Waals surface area contributed by atoms with Crippen molar-refractivity contribution in [2.45, 2.75) is 45.1 Å². The van der Waals surface area contributed by atoms with E-state index in [-0.39, 0.29) is 30.9 Å². The normalized spacial score (nSPS) is 19.9. The Hall–Kier alpha value is -3.35. The molecule has 1 aliphatic heterocycles. The molecular formula is C27H32N2O5. The molecule has 4 rings (SSSR count). The van der Waals surface area contributed by atoms with Crippen LogP contribution in [0.4, 0.5) is 4.79 Å². The summed E-state index contributed by atoms with van der Waals surface area (Å²) in [5.41, 5.74) is 4.56. The van der Waals surface area contributed by atoms with Crippen molar-refractivity contribution in [1.29, 1.82) is 0 Å². The Balaban J connectivity index is 1.41. The standard InChI is InChI=1S/C27H32N2O5/c1-3-4-13-24(25(30)29-14-17(2)22(15-29)26(31)32)28-27(33)34-16-23-20-11-7-5-9-18(20)19-10-6-8-12-21(19)23/h5-12,17,22-24H,3-4,13-16H2,1-2H3,(H,28,33)(H,31,32)/t17-,22-,24+/m1/s1. The summed E-state index contributed by atoms with van der Waals surface area (Å²) in [6, 6.07) is 15.5. The van der Waals surface area contributed by atoms with Crippen LogP contribution in [-0.4, -0.2) is 53.7 Å². The van der Waals surface area contributed by atoms with Crippen molar-refractivity contribution in [1.82, 2.24) is 10.2 Å². The molecule has 2 aliphatic rings. The molecule has 34 heavy (non-hydrogen) atoms. The molecule has 7 nitrogen and oxygen atoms in total. The van der Waals surface area contributed by atoms with E-state index in [1.54, 1.807) is 4.90 Å². The second kappa shape index (κ2) is 10.3. The van der Waals surface area contributed by atoms with Crippen LogP contribution in [-0.2, 0) is 14.3 Å². The summed E-state index contributed by atoms with van der Waals surface area (Å²) in [7, 11) is 0. The van der Waals surface area contributed by atoms with Crippen LogP contribution in [0.2, 0.25) is 0 Å². The topological polar surface area (TPSA) is 95.9 Å². The number of hydrogen-bond acceptors (Lipinski definition) is 4. The van der Waals surface area contributed by atoms with Gasteiger partial charge in [0.05, 0.1) is 5.92 Å². The first-order valence-electron chi connectivity index (χ1n) is 12.0. The highest BCUT2D eigenvalue weighted by molar-refractivity contribution is 5.87. The van der Waals surface area contributed by atoms with Crippen molar-refractivity contribution in [2.24, 2.45) is 11.8 Å². The number of rotatable bonds is 8. The number of nitrogens with zero attached hydrogens (tertiary/aromatic N) is 1. The van der Waals surface area contributed by atoms with E-state index in [9.17, 15) is 19.5 Å². The number of benzene rings is 2. The summed E-state index contributed by atoms with van der Waals surface area (Å²) in [5, 5.41) is 12.2. The monoisotopic (exact) mass is 464 g/mol. The third-order valence-electron chi connectivity index (χ3n) is 7.02. The zero-order valence-corrected chi connectivity index (χ0v) is 19.7. The van der Waals surface area contributed by atoms with Crippen molar-refractivity contribution >= 4 is 18.0 Å². The Labute approximate surface area is 200 Å². The van der Waals surface area contributed by atoms with Crippen molar-refractivity contribution in [3.63, 3.8) is 0 Å². The molecule has 0 bridgehead atoms. The van der Waals surface area contributed by atoms with E-state index >= 15 is 0 Å². The first-order chi connectivity index (χ1) is 16.4. The first kappa shape index (κ1) is 23.8. The number of amides is 2. The van der Waals surface area contributed by atoms with Crippen molar-refractivity contribution in [2.75, 3.05) is 19.7 Å². The zero-order chi connectivity index (χ0) is 24.2. The second-order valence-corrected chi connectivity index (χ2v) is 9.33. The maximum atomic E-state index is 13.2. The number of likely N-dealkylation sites (tertiary alicyclic amines) is 1. The number of nitrogens with one attached hydrogen (secondary N) is 1. The van der Waals surface area contributed by atoms with Crippen LogP contribution in [0.3, 0.4) is 0 Å². The minimum atomic E-state index is -0.891. The van der Waals surface area contributed by atoms with E-state index in [0.29, 0.717) is 13.0 Å². The van der Waals surface area contributed by atoms with Crippen LogP contribution in [0.15, 0.2) is 48.5 Å². The fourth-order valence-electron chi connectivity index (χ4n) is 5.14. The molecule has 1 heterocycles. The number of ether oxygens (including phenoxy) is 1. The lowest BCUT2D eigenvalue weighted by Gasteiger charge is -2.24. The van der Waals surface area contributed by atoms with Crippen molar-refractivity contribution in [3.05, 3.63) is 59.7 Å². The van der Waals surface area contributed by atoms with Gasteiger partial charge in [-0.05, 0) is 34.6 Å². The molecule has 2 N–H and O–H groups in total. The van der Waals surface area contributed by atoms with Gasteiger partial charge in [0.1, 0.15) is 12.6 Å². The van der Waals surface area contributed by atoms with E-state index in [1.165, 1.54) is 0 Å². The van der Waals surface area contributed by atoms with Gasteiger partial charge in [0, 0.05) is 19.0 Å². The van der Waals surface area contributed by atoms with Crippen LogP contribution >= 0.6 is 0 Å². The minimum absolute atomic E-state index is 0.0568. The third-order valence-corrected chi connectivity index (χ3v) is 7.02. The predicted molar refractivity (Wildman–Crippen MR) is 128 cm³/mol. The van der Waals surface area contributed by atoms with E-state index in [1.807, 2.05) is 38.1 Å². The zero-order valence-electron chi connectivity index (χ0n) is 19.7. The number of carbonyl (C=O) groups excluding carboxylic acids is 2. The van der Waals surface area contributed by atoms with Crippen molar-refractivity contribution in [3.8, 4) is 11.1 Å². The number of aliphatic carboxylic acids is 1. The van der Waals surface area contributed by atoms with Gasteiger partial charge in [-0.25, -0.2) is 4.79 Å². The summed E-state index contributed by atoms with van der Waals surface area (Å²) >= 11 is 0. The van der Waals surface area contributed by atoms with Gasteiger partial charge >= 0.3 is 12.1 Å². The van der Waals surface area contributed by atoms with Gasteiger partial charge in [-0.1, -0.05) is 75.2 Å². The summed E-state index contributed by atoms with van der Waals surface area (Å²) in [6.07, 6.45) is 1.51. The molecule has 1 saturated heterocycles. The molecule has 0 saturated carbocycles. The number of alkyl carbamates (subject to hydrolysis) is 1. The number of carboxylic acid groups (broad SMARTS) is 1. The minimum Gasteiger partial charge on any atom is -0.481 e. The maximum absolute atomic E-state index is 13.2. The average Bonchev–Trinajstić information content (AvgIpc) is 3.38. The van der Waals surface area contributed by atoms with Gasteiger partial charge in [-0.2, -0.15) is 0 Å². The smallest absolute Gasteiger partial charge is 0.407 e. The van der Waals surface area contributed by atoms with Gasteiger partial charge in [0.25, 0.3) is 0 Å². The molecule has 0 aromatic heterocycles. The second-order valence-electron chi connectivity index (χ2n) is 9.33. The van der Waals surface area contributed by atoms with Gasteiger partial charge in [-0.15, -0.1) is 0 Å². The molecule has 7 heteroatoms. The van der Waals surface area contributed by atoms with E-state index < -0.39 is 24.0 Å². The lowest BCUT2D eigenvalue weighted by molar-refractivity contribution is -0.142. The maximum Gasteiger partial charge on any atom is 0.407 e. The summed E-state index contributed by atoms with van der Waals surface area (Å²) in [5.74, 6) is -1.89. The number of unbranched alkanes of at least 4 members (excludes halogenated alkanes) is 1. The largest absolute Gasteiger partial charge is 0.481 e. The Morgan fingerprint density at radius 2 is 1.68 bits per heavy atom. The Bertz CT molecular complexity index is 1020. The third kappa shape index (κ3) is 4.79. The molecule has 180 valence electrons. The summed E-state index contributed by atoms with van der Waals surface area (Å²) in [4.78, 5) is 38.9. The average molecular weight is 465 g/mol. The van der Waals surface area contributed by atoms with Crippen LogP contribution in [0, 0.1) is 11.8 Å². The van der Waals surface area contributed by atoms with E-state index in [0.717, 1.165) is 35.1 Å². The molecule has 1 fully saturated rings. The summed E-state index contributed by atoms with van der Waals surface area (Å²) < 4.78 is 5.63. The van der Waals surface area contributed by atoms with Gasteiger partial charge in [0.2, 0.25) is 5.91 Å². The van der Waals surface area contributed by atoms with Gasteiger partial charge in [0.15, 0.2) is 0 Å². The highest BCUT2D eigenvalue weighted by Gasteiger charge is 2.39. The molecule has 2 amide bonds. The molecule has 3 atom stereocenters. The SMILES string of the molecule is CCCC[C@H](NC(=O)OCC1c2ccccc2-c2ccccc21)C(=O)N1C[C@@H](C)[C@H](C(=O)O)C1. The highest BCUT2D eigenvalue weighted by atomic mass is 16.5. The lowest BCUT2D eigenvalue weighted by Crippen LogP contribution is -2.48. The Morgan fingerprint density at radius 1 is 1.06 bits per heavy atom. The molecule has 1 aliphatic carbocycles. The fraction of sp³-hybridized carbons (Fsp3) is 0.444.